The summed E-state index contributed by atoms with van der Waals surface area (Å²) in [4.78, 5) is 23.4. The molecule has 31 heavy (non-hydrogen) atoms. The molecule has 1 atom stereocenters. The quantitative estimate of drug-likeness (QED) is 0.573. The fourth-order valence-corrected chi connectivity index (χ4v) is 2.87. The Labute approximate surface area is 181 Å². The Balaban J connectivity index is 0.000000366. The molecule has 3 rings (SSSR count). The zero-order valence-corrected chi connectivity index (χ0v) is 17.7. The van der Waals surface area contributed by atoms with Crippen LogP contribution in [-0.2, 0) is 9.59 Å². The number of carboxylic acid groups (broad SMARTS) is 2. The lowest BCUT2D eigenvalue weighted by Gasteiger charge is -2.23. The molecule has 1 aliphatic rings. The van der Waals surface area contributed by atoms with Gasteiger partial charge in [-0.25, -0.2) is 14.6 Å². The number of rotatable bonds is 7. The number of aryl methyl sites for hydroxylation is 2. The van der Waals surface area contributed by atoms with E-state index in [1.54, 1.807) is 6.20 Å². The number of aliphatic carboxylic acids is 2. The van der Waals surface area contributed by atoms with Crippen LogP contribution in [0.5, 0.6) is 17.4 Å². The Hall–Kier alpha value is -3.39. The zero-order valence-electron chi connectivity index (χ0n) is 17.7. The lowest BCUT2D eigenvalue weighted by Crippen LogP contribution is -2.33. The molecule has 2 aromatic rings. The standard InChI is InChI=1S/C19H24N2O2.C4H4O4/c1-14-7-8-17(11-15(14)2)23-19-18(6-4-10-21-19)22-13-16-5-3-9-20-12-16;5-3(6)1-2-4(7)8/h4,6-8,10-11,16,20H,3,5,9,12-13H2,1-2H3;1-2H,(H,5,6)(H,7,8)/b;2-1+/t16-;/m0./s1. The molecule has 0 amide bonds. The van der Waals surface area contributed by atoms with E-state index in [0.717, 1.165) is 18.8 Å². The third-order valence-corrected chi connectivity index (χ3v) is 4.67. The second-order valence-corrected chi connectivity index (χ2v) is 7.19. The molecule has 0 unspecified atom stereocenters. The van der Waals surface area contributed by atoms with Gasteiger partial charge >= 0.3 is 11.9 Å². The minimum Gasteiger partial charge on any atom is -0.488 e. The van der Waals surface area contributed by atoms with Crippen molar-refractivity contribution >= 4 is 11.9 Å². The summed E-state index contributed by atoms with van der Waals surface area (Å²) in [5.74, 6) is 0.0602. The highest BCUT2D eigenvalue weighted by Gasteiger charge is 2.15. The Morgan fingerprint density at radius 2 is 1.90 bits per heavy atom. The van der Waals surface area contributed by atoms with E-state index in [2.05, 4.69) is 30.2 Å². The summed E-state index contributed by atoms with van der Waals surface area (Å²) in [6.07, 6.45) is 5.27. The first-order valence-electron chi connectivity index (χ1n) is 10.0. The highest BCUT2D eigenvalue weighted by molar-refractivity contribution is 5.89. The van der Waals surface area contributed by atoms with Gasteiger partial charge < -0.3 is 25.0 Å². The first kappa shape index (κ1) is 23.9. The number of pyridine rings is 1. The molecule has 0 spiro atoms. The summed E-state index contributed by atoms with van der Waals surface area (Å²) in [5.41, 5.74) is 2.45. The van der Waals surface area contributed by atoms with Crippen LogP contribution in [0.3, 0.4) is 0 Å². The van der Waals surface area contributed by atoms with Gasteiger partial charge in [-0.2, -0.15) is 0 Å². The van der Waals surface area contributed by atoms with E-state index >= 15 is 0 Å². The summed E-state index contributed by atoms with van der Waals surface area (Å²) in [7, 11) is 0. The molecular weight excluding hydrogens is 400 g/mol. The zero-order chi connectivity index (χ0) is 22.6. The first-order chi connectivity index (χ1) is 14.8. The second-order valence-electron chi connectivity index (χ2n) is 7.19. The molecule has 3 N–H and O–H groups in total. The van der Waals surface area contributed by atoms with E-state index in [0.29, 0.717) is 36.3 Å². The van der Waals surface area contributed by atoms with Gasteiger partial charge in [-0.15, -0.1) is 0 Å². The average Bonchev–Trinajstić information content (AvgIpc) is 2.75. The number of nitrogens with zero attached hydrogens (tertiary/aromatic N) is 1. The Morgan fingerprint density at radius 1 is 1.16 bits per heavy atom. The van der Waals surface area contributed by atoms with E-state index in [9.17, 15) is 9.59 Å². The fraction of sp³-hybridized carbons (Fsp3) is 0.348. The molecule has 8 heteroatoms. The van der Waals surface area contributed by atoms with E-state index in [1.165, 1.54) is 24.0 Å². The molecule has 1 fully saturated rings. The Bertz CT molecular complexity index is 891. The predicted molar refractivity (Wildman–Crippen MR) is 116 cm³/mol. The fourth-order valence-electron chi connectivity index (χ4n) is 2.87. The van der Waals surface area contributed by atoms with Crippen LogP contribution in [0.25, 0.3) is 0 Å². The van der Waals surface area contributed by atoms with E-state index < -0.39 is 11.9 Å². The summed E-state index contributed by atoms with van der Waals surface area (Å²) in [5, 5.41) is 19.0. The summed E-state index contributed by atoms with van der Waals surface area (Å²) in [6.45, 7) is 7.00. The summed E-state index contributed by atoms with van der Waals surface area (Å²) >= 11 is 0. The number of aromatic nitrogens is 1. The lowest BCUT2D eigenvalue weighted by atomic mass is 10.0. The molecule has 1 aromatic heterocycles. The highest BCUT2D eigenvalue weighted by Crippen LogP contribution is 2.30. The first-order valence-corrected chi connectivity index (χ1v) is 10.0. The molecule has 2 heterocycles. The largest absolute Gasteiger partial charge is 0.488 e. The van der Waals surface area contributed by atoms with Crippen LogP contribution in [0.4, 0.5) is 0 Å². The summed E-state index contributed by atoms with van der Waals surface area (Å²) < 4.78 is 11.9. The molecule has 1 saturated heterocycles. The van der Waals surface area contributed by atoms with Crippen LogP contribution >= 0.6 is 0 Å². The minimum absolute atomic E-state index is 0.527. The molecule has 0 bridgehead atoms. The molecule has 1 aromatic carbocycles. The van der Waals surface area contributed by atoms with Crippen molar-refractivity contribution in [2.45, 2.75) is 26.7 Å². The number of ether oxygens (including phenoxy) is 2. The topological polar surface area (TPSA) is 118 Å². The van der Waals surface area contributed by atoms with Crippen molar-refractivity contribution in [3.8, 4) is 17.4 Å². The Kier molecular flexibility index (Phi) is 9.51. The number of hydrogen-bond acceptors (Lipinski definition) is 6. The number of benzene rings is 1. The van der Waals surface area contributed by atoms with Gasteiger partial charge in [0.1, 0.15) is 5.75 Å². The van der Waals surface area contributed by atoms with Crippen molar-refractivity contribution in [2.24, 2.45) is 5.92 Å². The third-order valence-electron chi connectivity index (χ3n) is 4.67. The van der Waals surface area contributed by atoms with Crippen molar-refractivity contribution in [3.05, 3.63) is 59.8 Å². The molecule has 1 aliphatic heterocycles. The van der Waals surface area contributed by atoms with Crippen molar-refractivity contribution in [2.75, 3.05) is 19.7 Å². The molecule has 166 valence electrons. The normalized spacial score (nSPS) is 15.6. The maximum absolute atomic E-state index is 9.55. The average molecular weight is 428 g/mol. The van der Waals surface area contributed by atoms with Gasteiger partial charge in [-0.05, 0) is 68.6 Å². The van der Waals surface area contributed by atoms with E-state index in [1.807, 2.05) is 24.3 Å². The number of nitrogens with one attached hydrogen (secondary N) is 1. The van der Waals surface area contributed by atoms with Crippen LogP contribution in [0.2, 0.25) is 0 Å². The van der Waals surface area contributed by atoms with Crippen molar-refractivity contribution in [3.63, 3.8) is 0 Å². The molecular formula is C23H28N2O6. The second kappa shape index (κ2) is 12.3. The van der Waals surface area contributed by atoms with E-state index in [-0.39, 0.29) is 0 Å². The van der Waals surface area contributed by atoms with Gasteiger partial charge in [0.2, 0.25) is 0 Å². The van der Waals surface area contributed by atoms with E-state index in [4.69, 9.17) is 19.7 Å². The predicted octanol–water partition coefficient (Wildman–Crippen LogP) is 3.58. The van der Waals surface area contributed by atoms with Gasteiger partial charge in [0.25, 0.3) is 5.88 Å². The maximum atomic E-state index is 9.55. The van der Waals surface area contributed by atoms with Crippen LogP contribution in [0.15, 0.2) is 48.7 Å². The molecule has 8 nitrogen and oxygen atoms in total. The van der Waals surface area contributed by atoms with Crippen LogP contribution < -0.4 is 14.8 Å². The van der Waals surface area contributed by atoms with Crippen LogP contribution in [0.1, 0.15) is 24.0 Å². The summed E-state index contributed by atoms with van der Waals surface area (Å²) in [6, 6.07) is 9.84. The monoisotopic (exact) mass is 428 g/mol. The SMILES string of the molecule is Cc1ccc(Oc2ncccc2OC[C@H]2CCCNC2)cc1C.O=C(O)/C=C/C(=O)O. The van der Waals surface area contributed by atoms with Crippen molar-refractivity contribution < 1.29 is 29.3 Å². The molecule has 0 aliphatic carbocycles. The smallest absolute Gasteiger partial charge is 0.328 e. The number of hydrogen-bond donors (Lipinski definition) is 3. The van der Waals surface area contributed by atoms with Crippen LogP contribution in [-0.4, -0.2) is 46.8 Å². The van der Waals surface area contributed by atoms with Gasteiger partial charge in [-0.3, -0.25) is 0 Å². The number of carbonyl (C=O) groups is 2. The molecule has 0 saturated carbocycles. The number of piperidine rings is 1. The maximum Gasteiger partial charge on any atom is 0.328 e. The minimum atomic E-state index is -1.26. The van der Waals surface area contributed by atoms with Crippen molar-refractivity contribution in [1.29, 1.82) is 0 Å². The Morgan fingerprint density at radius 3 is 2.52 bits per heavy atom. The lowest BCUT2D eigenvalue weighted by molar-refractivity contribution is -0.134. The van der Waals surface area contributed by atoms with Crippen molar-refractivity contribution in [1.82, 2.24) is 10.3 Å². The van der Waals surface area contributed by atoms with Gasteiger partial charge in [-0.1, -0.05) is 6.07 Å². The van der Waals surface area contributed by atoms with Gasteiger partial charge in [0, 0.05) is 30.8 Å². The third kappa shape index (κ3) is 8.88. The highest BCUT2D eigenvalue weighted by atomic mass is 16.5. The van der Waals surface area contributed by atoms with Gasteiger partial charge in [0.15, 0.2) is 5.75 Å². The van der Waals surface area contributed by atoms with Gasteiger partial charge in [0.05, 0.1) is 6.61 Å². The molecule has 0 radical (unpaired) electrons. The number of carboxylic acids is 2. The van der Waals surface area contributed by atoms with Crippen LogP contribution in [0, 0.1) is 19.8 Å².